The molecule has 1 saturated heterocycles. The van der Waals surface area contributed by atoms with Gasteiger partial charge in [0.15, 0.2) is 0 Å². The first-order valence-corrected chi connectivity index (χ1v) is 6.01. The van der Waals surface area contributed by atoms with E-state index in [9.17, 15) is 0 Å². The van der Waals surface area contributed by atoms with Crippen LogP contribution in [0.3, 0.4) is 0 Å². The maximum atomic E-state index is 4.51. The van der Waals surface area contributed by atoms with Crippen LogP contribution in [-0.4, -0.2) is 30.1 Å². The molecule has 2 heterocycles. The van der Waals surface area contributed by atoms with Crippen molar-refractivity contribution in [2.24, 2.45) is 5.92 Å². The highest BCUT2D eigenvalue weighted by molar-refractivity contribution is 5.49. The minimum Gasteiger partial charge on any atom is -0.373 e. The van der Waals surface area contributed by atoms with Gasteiger partial charge in [-0.15, -0.1) is 0 Å². The fourth-order valence-electron chi connectivity index (χ4n) is 2.22. The molecule has 1 aliphatic heterocycles. The number of aryl methyl sites for hydroxylation is 1. The van der Waals surface area contributed by atoms with Crippen molar-refractivity contribution in [3.8, 4) is 0 Å². The highest BCUT2D eigenvalue weighted by Crippen LogP contribution is 2.25. The highest BCUT2D eigenvalue weighted by Gasteiger charge is 2.22. The predicted octanol–water partition coefficient (Wildman–Crippen LogP) is 2.06. The number of nitrogens with one attached hydrogen (secondary N) is 1. The predicted molar refractivity (Wildman–Crippen MR) is 66.9 cm³/mol. The van der Waals surface area contributed by atoms with Gasteiger partial charge in [0.2, 0.25) is 0 Å². The molecule has 0 spiro atoms. The second kappa shape index (κ2) is 4.68. The van der Waals surface area contributed by atoms with Gasteiger partial charge in [0.25, 0.3) is 0 Å². The van der Waals surface area contributed by atoms with E-state index in [2.05, 4.69) is 27.1 Å². The maximum absolute atomic E-state index is 4.51. The average Bonchev–Trinajstić information content (AvgIpc) is 2.76. The van der Waals surface area contributed by atoms with Crippen molar-refractivity contribution in [3.63, 3.8) is 0 Å². The van der Waals surface area contributed by atoms with E-state index in [0.717, 1.165) is 36.5 Å². The zero-order chi connectivity index (χ0) is 11.5. The quantitative estimate of drug-likeness (QED) is 0.846. The van der Waals surface area contributed by atoms with Gasteiger partial charge in [0, 0.05) is 26.2 Å². The Hall–Kier alpha value is -1.32. The van der Waals surface area contributed by atoms with Crippen molar-refractivity contribution < 1.29 is 0 Å². The number of hydrogen-bond acceptors (Lipinski definition) is 4. The fraction of sp³-hybridized carbons (Fsp3) is 0.667. The van der Waals surface area contributed by atoms with Gasteiger partial charge in [-0.1, -0.05) is 13.3 Å². The summed E-state index contributed by atoms with van der Waals surface area (Å²) in [5.74, 6) is 3.63. The first-order chi connectivity index (χ1) is 7.72. The van der Waals surface area contributed by atoms with Crippen LogP contribution < -0.4 is 10.2 Å². The molecule has 1 N–H and O–H groups in total. The van der Waals surface area contributed by atoms with Gasteiger partial charge in [-0.3, -0.25) is 0 Å². The third-order valence-electron chi connectivity index (χ3n) is 3.27. The zero-order valence-corrected chi connectivity index (χ0v) is 10.3. The van der Waals surface area contributed by atoms with E-state index < -0.39 is 0 Å². The van der Waals surface area contributed by atoms with Crippen LogP contribution >= 0.6 is 0 Å². The zero-order valence-electron chi connectivity index (χ0n) is 10.3. The van der Waals surface area contributed by atoms with Crippen molar-refractivity contribution >= 4 is 11.6 Å². The van der Waals surface area contributed by atoms with Gasteiger partial charge in [-0.25, -0.2) is 9.97 Å². The van der Waals surface area contributed by atoms with Crippen LogP contribution in [0.2, 0.25) is 0 Å². The summed E-state index contributed by atoms with van der Waals surface area (Å²) in [6.45, 7) is 6.46. The molecule has 1 aromatic heterocycles. The molecule has 4 heteroatoms. The summed E-state index contributed by atoms with van der Waals surface area (Å²) in [6, 6.07) is 2.03. The van der Waals surface area contributed by atoms with Gasteiger partial charge in [-0.05, 0) is 19.3 Å². The summed E-state index contributed by atoms with van der Waals surface area (Å²) in [7, 11) is 1.89. The Balaban J connectivity index is 2.17. The Morgan fingerprint density at radius 3 is 2.94 bits per heavy atom. The molecule has 1 atom stereocenters. The Morgan fingerprint density at radius 1 is 1.50 bits per heavy atom. The van der Waals surface area contributed by atoms with Crippen LogP contribution in [-0.2, 0) is 0 Å². The van der Waals surface area contributed by atoms with E-state index in [1.54, 1.807) is 0 Å². The molecule has 1 aromatic rings. The minimum atomic E-state index is 0.827. The molecule has 88 valence electrons. The smallest absolute Gasteiger partial charge is 0.134 e. The van der Waals surface area contributed by atoms with Crippen molar-refractivity contribution in [2.45, 2.75) is 26.7 Å². The van der Waals surface area contributed by atoms with E-state index in [0.29, 0.717) is 0 Å². The molecule has 0 radical (unpaired) electrons. The largest absolute Gasteiger partial charge is 0.373 e. The topological polar surface area (TPSA) is 41.0 Å². The molecule has 0 bridgehead atoms. The summed E-state index contributed by atoms with van der Waals surface area (Å²) in [6.07, 6.45) is 2.55. The average molecular weight is 220 g/mol. The van der Waals surface area contributed by atoms with Crippen LogP contribution in [0.4, 0.5) is 11.6 Å². The van der Waals surface area contributed by atoms with Crippen LogP contribution in [0.25, 0.3) is 0 Å². The van der Waals surface area contributed by atoms with Crippen LogP contribution in [0, 0.1) is 12.8 Å². The first-order valence-electron chi connectivity index (χ1n) is 6.01. The monoisotopic (exact) mass is 220 g/mol. The molecule has 1 fully saturated rings. The lowest BCUT2D eigenvalue weighted by atomic mass is 10.1. The normalized spacial score (nSPS) is 20.2. The lowest BCUT2D eigenvalue weighted by Gasteiger charge is -2.18. The van der Waals surface area contributed by atoms with Crippen molar-refractivity contribution in [2.75, 3.05) is 30.4 Å². The Bertz CT molecular complexity index is 364. The summed E-state index contributed by atoms with van der Waals surface area (Å²) in [4.78, 5) is 11.2. The number of anilines is 2. The van der Waals surface area contributed by atoms with Crippen LogP contribution in [0.15, 0.2) is 6.07 Å². The second-order valence-corrected chi connectivity index (χ2v) is 4.42. The Labute approximate surface area is 97.1 Å². The van der Waals surface area contributed by atoms with Gasteiger partial charge in [-0.2, -0.15) is 0 Å². The van der Waals surface area contributed by atoms with Crippen molar-refractivity contribution in [1.29, 1.82) is 0 Å². The van der Waals surface area contributed by atoms with Crippen LogP contribution in [0.1, 0.15) is 25.6 Å². The van der Waals surface area contributed by atoms with Gasteiger partial charge < -0.3 is 10.2 Å². The second-order valence-electron chi connectivity index (χ2n) is 4.42. The van der Waals surface area contributed by atoms with E-state index >= 15 is 0 Å². The van der Waals surface area contributed by atoms with E-state index in [1.807, 2.05) is 20.0 Å². The maximum Gasteiger partial charge on any atom is 0.134 e. The third-order valence-corrected chi connectivity index (χ3v) is 3.27. The molecular formula is C12H20N4. The van der Waals surface area contributed by atoms with E-state index in [4.69, 9.17) is 0 Å². The van der Waals surface area contributed by atoms with E-state index in [1.165, 1.54) is 12.8 Å². The van der Waals surface area contributed by atoms with Gasteiger partial charge >= 0.3 is 0 Å². The summed E-state index contributed by atoms with van der Waals surface area (Å²) >= 11 is 0. The molecular weight excluding hydrogens is 200 g/mol. The third kappa shape index (κ3) is 2.26. The fourth-order valence-corrected chi connectivity index (χ4v) is 2.22. The minimum absolute atomic E-state index is 0.827. The van der Waals surface area contributed by atoms with Crippen LogP contribution in [0.5, 0.6) is 0 Å². The van der Waals surface area contributed by atoms with Crippen molar-refractivity contribution in [3.05, 3.63) is 11.9 Å². The number of rotatable bonds is 3. The molecule has 2 rings (SSSR count). The molecule has 0 saturated carbocycles. The number of hydrogen-bond donors (Lipinski definition) is 1. The summed E-state index contributed by atoms with van der Waals surface area (Å²) < 4.78 is 0. The van der Waals surface area contributed by atoms with Crippen molar-refractivity contribution in [1.82, 2.24) is 9.97 Å². The van der Waals surface area contributed by atoms with Gasteiger partial charge in [0.05, 0.1) is 0 Å². The summed E-state index contributed by atoms with van der Waals surface area (Å²) in [5, 5.41) is 3.08. The molecule has 0 aliphatic carbocycles. The SMILES string of the molecule is CCC1CCN(c2cc(NC)nc(C)n2)C1. The molecule has 0 aromatic carbocycles. The molecule has 1 aliphatic rings. The highest BCUT2D eigenvalue weighted by atomic mass is 15.2. The molecule has 1 unspecified atom stereocenters. The number of nitrogens with zero attached hydrogens (tertiary/aromatic N) is 3. The first kappa shape index (κ1) is 11.2. The Kier molecular flexibility index (Phi) is 3.27. The molecule has 0 amide bonds. The Morgan fingerprint density at radius 2 is 2.31 bits per heavy atom. The standard InChI is InChI=1S/C12H20N4/c1-4-10-5-6-16(8-10)12-7-11(13-3)14-9(2)15-12/h7,10H,4-6,8H2,1-3H3,(H,13,14,15). The van der Waals surface area contributed by atoms with E-state index in [-0.39, 0.29) is 0 Å². The number of aromatic nitrogens is 2. The van der Waals surface area contributed by atoms with Gasteiger partial charge in [0.1, 0.15) is 17.5 Å². The lowest BCUT2D eigenvalue weighted by Crippen LogP contribution is -2.21. The molecule has 4 nitrogen and oxygen atoms in total. The summed E-state index contributed by atoms with van der Waals surface area (Å²) in [5.41, 5.74) is 0. The molecule has 16 heavy (non-hydrogen) atoms. The lowest BCUT2D eigenvalue weighted by molar-refractivity contribution is 0.568.